The SMILES string of the molecule is CSc1nc(Cl)c2c(C(=O)O)cn(COCC[Si](C)(C)C)c2n1.CSc1nc(Cl)c2c(C(N)=O)cn(COCC[Si](C)(C)C)c2n1. The quantitative estimate of drug-likeness (QED) is 0.0448. The van der Waals surface area contributed by atoms with Crippen LogP contribution in [0.5, 0.6) is 0 Å². The van der Waals surface area contributed by atoms with Crippen LogP contribution in [0.1, 0.15) is 20.7 Å². The minimum Gasteiger partial charge on any atom is -0.478 e. The zero-order valence-corrected chi connectivity index (χ0v) is 32.5. The minimum absolute atomic E-state index is 0.0893. The third kappa shape index (κ3) is 10.4. The molecule has 1 amide bonds. The topological polar surface area (TPSA) is 160 Å². The third-order valence-electron chi connectivity index (χ3n) is 6.62. The second-order valence-electron chi connectivity index (χ2n) is 12.8. The van der Waals surface area contributed by atoms with E-state index in [9.17, 15) is 14.7 Å². The van der Waals surface area contributed by atoms with E-state index in [-0.39, 0.29) is 22.6 Å². The smallest absolute Gasteiger partial charge is 0.338 e. The van der Waals surface area contributed by atoms with Crippen molar-refractivity contribution in [2.75, 3.05) is 25.7 Å². The van der Waals surface area contributed by atoms with Gasteiger partial charge in [0.05, 0.1) is 21.9 Å². The maximum Gasteiger partial charge on any atom is 0.338 e. The molecule has 12 nitrogen and oxygen atoms in total. The lowest BCUT2D eigenvalue weighted by molar-refractivity contribution is 0.0695. The number of thioether (sulfide) groups is 2. The number of nitrogens with zero attached hydrogens (tertiary/aromatic N) is 6. The van der Waals surface area contributed by atoms with E-state index < -0.39 is 28.0 Å². The van der Waals surface area contributed by atoms with E-state index in [2.05, 4.69) is 59.2 Å². The highest BCUT2D eigenvalue weighted by Gasteiger charge is 2.22. The Morgan fingerprint density at radius 2 is 1.17 bits per heavy atom. The first-order chi connectivity index (χ1) is 21.5. The number of primary amides is 1. The van der Waals surface area contributed by atoms with Crippen LogP contribution in [0.4, 0.5) is 0 Å². The lowest BCUT2D eigenvalue weighted by Crippen LogP contribution is -2.22. The van der Waals surface area contributed by atoms with Crippen molar-refractivity contribution in [1.82, 2.24) is 29.1 Å². The summed E-state index contributed by atoms with van der Waals surface area (Å²) in [6.07, 6.45) is 6.84. The maximum atomic E-state index is 11.7. The Hall–Kier alpha value is -2.19. The first-order valence-electron chi connectivity index (χ1n) is 14.3. The molecule has 0 aliphatic heterocycles. The molecule has 0 aliphatic carbocycles. The Morgan fingerprint density at radius 1 is 0.783 bits per heavy atom. The monoisotopic (exact) mass is 745 g/mol. The largest absolute Gasteiger partial charge is 0.478 e. The zero-order chi connectivity index (χ0) is 34.4. The summed E-state index contributed by atoms with van der Waals surface area (Å²) in [7, 11) is -2.31. The molecule has 4 heterocycles. The lowest BCUT2D eigenvalue weighted by atomic mass is 10.2. The van der Waals surface area contributed by atoms with E-state index in [1.54, 1.807) is 15.3 Å². The number of rotatable bonds is 14. The predicted octanol–water partition coefficient (Wildman–Crippen LogP) is 7.03. The molecule has 0 radical (unpaired) electrons. The standard InChI is InChI=1S/C14H21ClN4O2SSi.C14H20ClN3O3SSi/c1-22-14-17-11(15)10-9(12(16)20)7-19(13(10)18-14)8-21-5-6-23(2,3)4;1-22-14-16-11(15)10-9(13(19)20)7-18(12(10)17-14)8-21-5-6-23(2,3)4/h7H,5-6,8H2,1-4H3,(H2,16,20);7H,5-6,8H2,1-4H3,(H,19,20). The number of amides is 1. The van der Waals surface area contributed by atoms with Gasteiger partial charge < -0.3 is 29.4 Å². The van der Waals surface area contributed by atoms with Crippen LogP contribution in [0.15, 0.2) is 22.7 Å². The molecule has 3 N–H and O–H groups in total. The van der Waals surface area contributed by atoms with Crippen molar-refractivity contribution in [1.29, 1.82) is 0 Å². The van der Waals surface area contributed by atoms with Crippen LogP contribution < -0.4 is 5.73 Å². The number of ether oxygens (including phenoxy) is 2. The van der Waals surface area contributed by atoms with Gasteiger partial charge in [-0.2, -0.15) is 0 Å². The van der Waals surface area contributed by atoms with Gasteiger partial charge in [-0.05, 0) is 24.6 Å². The van der Waals surface area contributed by atoms with Gasteiger partial charge in [-0.3, -0.25) is 4.79 Å². The molecule has 0 saturated heterocycles. The van der Waals surface area contributed by atoms with Crippen LogP contribution in [-0.2, 0) is 22.9 Å². The van der Waals surface area contributed by atoms with Crippen LogP contribution in [0.2, 0.25) is 61.7 Å². The van der Waals surface area contributed by atoms with Gasteiger partial charge in [0, 0.05) is 41.8 Å². The molecule has 0 saturated carbocycles. The van der Waals surface area contributed by atoms with Gasteiger partial charge in [0.15, 0.2) is 10.3 Å². The number of aromatic carboxylic acids is 1. The Kier molecular flexibility index (Phi) is 13.5. The van der Waals surface area contributed by atoms with Gasteiger partial charge in [0.2, 0.25) is 0 Å². The van der Waals surface area contributed by atoms with Crippen molar-refractivity contribution in [3.63, 3.8) is 0 Å². The zero-order valence-electron chi connectivity index (χ0n) is 27.3. The van der Waals surface area contributed by atoms with Gasteiger partial charge in [-0.15, -0.1) is 0 Å². The second-order valence-corrected chi connectivity index (χ2v) is 26.3. The average Bonchev–Trinajstić information content (AvgIpc) is 3.52. The number of fused-ring (bicyclic) bond motifs is 2. The van der Waals surface area contributed by atoms with Gasteiger partial charge in [0.25, 0.3) is 5.91 Å². The number of aromatic nitrogens is 6. The summed E-state index contributed by atoms with van der Waals surface area (Å²) in [6.45, 7) is 15.6. The molecule has 4 aromatic rings. The van der Waals surface area contributed by atoms with E-state index in [1.807, 2.05) is 12.5 Å². The summed E-state index contributed by atoms with van der Waals surface area (Å²) < 4.78 is 14.9. The molecule has 0 unspecified atom stereocenters. The highest BCUT2D eigenvalue weighted by atomic mass is 35.5. The van der Waals surface area contributed by atoms with Crippen LogP contribution in [0.3, 0.4) is 0 Å². The lowest BCUT2D eigenvalue weighted by Gasteiger charge is -2.15. The normalized spacial score (nSPS) is 12.0. The Labute approximate surface area is 289 Å². The average molecular weight is 747 g/mol. The first kappa shape index (κ1) is 38.3. The molecule has 0 atom stereocenters. The van der Waals surface area contributed by atoms with Gasteiger partial charge in [-0.1, -0.05) is 86.0 Å². The second kappa shape index (κ2) is 16.3. The van der Waals surface area contributed by atoms with E-state index in [0.717, 1.165) is 12.1 Å². The fraction of sp³-hybridized carbons (Fsp3) is 0.500. The number of hydrogen-bond acceptors (Lipinski definition) is 10. The van der Waals surface area contributed by atoms with Crippen molar-refractivity contribution in [3.05, 3.63) is 33.8 Å². The van der Waals surface area contributed by atoms with Crippen LogP contribution in [0.25, 0.3) is 22.1 Å². The Morgan fingerprint density at radius 3 is 1.52 bits per heavy atom. The number of hydrogen-bond donors (Lipinski definition) is 2. The van der Waals surface area contributed by atoms with Crippen molar-refractivity contribution in [2.24, 2.45) is 5.73 Å². The molecule has 0 aliphatic rings. The molecule has 0 fully saturated rings. The summed E-state index contributed by atoms with van der Waals surface area (Å²) in [6, 6.07) is 2.12. The molecule has 0 spiro atoms. The van der Waals surface area contributed by atoms with Crippen LogP contribution in [-0.4, -0.2) is 87.9 Å². The molecule has 0 aromatic carbocycles. The van der Waals surface area contributed by atoms with E-state index in [1.165, 1.54) is 29.7 Å². The molecule has 252 valence electrons. The van der Waals surface area contributed by atoms with Gasteiger partial charge in [0.1, 0.15) is 35.1 Å². The van der Waals surface area contributed by atoms with Crippen molar-refractivity contribution in [2.45, 2.75) is 75.1 Å². The molecular formula is C28H41Cl2N7O5S2Si2. The van der Waals surface area contributed by atoms with Crippen LogP contribution >= 0.6 is 46.7 Å². The summed E-state index contributed by atoms with van der Waals surface area (Å²) in [4.78, 5) is 40.2. The number of carbonyl (C=O) groups excluding carboxylic acids is 1. The summed E-state index contributed by atoms with van der Waals surface area (Å²) in [5, 5.41) is 11.6. The number of carboxylic acid groups (broad SMARTS) is 1. The van der Waals surface area contributed by atoms with Crippen molar-refractivity contribution >= 4 is 96.8 Å². The highest BCUT2D eigenvalue weighted by Crippen LogP contribution is 2.30. The fourth-order valence-electron chi connectivity index (χ4n) is 4.06. The Balaban J connectivity index is 0.000000250. The van der Waals surface area contributed by atoms with Crippen LogP contribution in [0, 0.1) is 0 Å². The first-order valence-corrected chi connectivity index (χ1v) is 25.0. The van der Waals surface area contributed by atoms with E-state index in [4.69, 9.17) is 38.4 Å². The molecule has 0 bridgehead atoms. The molecule has 4 rings (SSSR count). The summed E-state index contributed by atoms with van der Waals surface area (Å²) >= 11 is 15.1. The minimum atomic E-state index is -1.16. The van der Waals surface area contributed by atoms with Gasteiger partial charge in [-0.25, -0.2) is 24.7 Å². The number of carboxylic acids is 1. The van der Waals surface area contributed by atoms with E-state index in [0.29, 0.717) is 57.9 Å². The highest BCUT2D eigenvalue weighted by molar-refractivity contribution is 7.98. The molecule has 4 aromatic heterocycles. The number of carbonyl (C=O) groups is 2. The predicted molar refractivity (Wildman–Crippen MR) is 192 cm³/mol. The number of halogens is 2. The third-order valence-corrected chi connectivity index (χ3v) is 11.7. The molecular weight excluding hydrogens is 706 g/mol. The summed E-state index contributed by atoms with van der Waals surface area (Å²) in [5.41, 5.74) is 6.89. The molecule has 18 heteroatoms. The fourth-order valence-corrected chi connectivity index (χ4v) is 6.93. The van der Waals surface area contributed by atoms with Crippen molar-refractivity contribution in [3.8, 4) is 0 Å². The maximum absolute atomic E-state index is 11.7. The Bertz CT molecular complexity index is 1580. The summed E-state index contributed by atoms with van der Waals surface area (Å²) in [5.74, 6) is -1.61. The van der Waals surface area contributed by atoms with Gasteiger partial charge >= 0.3 is 5.97 Å². The molecule has 46 heavy (non-hydrogen) atoms. The number of nitrogens with two attached hydrogens (primary N) is 1. The van der Waals surface area contributed by atoms with E-state index >= 15 is 0 Å². The van der Waals surface area contributed by atoms with Crippen molar-refractivity contribution < 1.29 is 24.2 Å².